The van der Waals surface area contributed by atoms with E-state index >= 15 is 0 Å². The molecule has 0 atom stereocenters. The van der Waals surface area contributed by atoms with Gasteiger partial charge in [0.05, 0.1) is 0 Å². The van der Waals surface area contributed by atoms with Gasteiger partial charge in [-0.05, 0) is 31.7 Å². The molecule has 0 aromatic carbocycles. The van der Waals surface area contributed by atoms with E-state index in [4.69, 9.17) is 0 Å². The van der Waals surface area contributed by atoms with Crippen molar-refractivity contribution in [3.63, 3.8) is 0 Å². The zero-order valence-electron chi connectivity index (χ0n) is 8.36. The smallest absolute Gasteiger partial charge is 0.269 e. The number of amides is 1. The van der Waals surface area contributed by atoms with Crippen molar-refractivity contribution in [2.45, 2.75) is 26.3 Å². The van der Waals surface area contributed by atoms with Crippen molar-refractivity contribution < 1.29 is 4.79 Å². The quantitative estimate of drug-likeness (QED) is 0.776. The van der Waals surface area contributed by atoms with Gasteiger partial charge in [0, 0.05) is 19.3 Å². The van der Waals surface area contributed by atoms with Gasteiger partial charge in [0.1, 0.15) is 5.69 Å². The minimum Gasteiger partial charge on any atom is -0.350 e. The fraction of sp³-hybridized carbons (Fsp3) is 0.600. The molecule has 1 aromatic rings. The normalized spacial score (nSPS) is 15.5. The number of rotatable bonds is 4. The molecule has 1 heterocycles. The first-order valence-corrected chi connectivity index (χ1v) is 5.11. The predicted molar refractivity (Wildman–Crippen MR) is 53.0 cm³/mol. The fourth-order valence-corrected chi connectivity index (χ4v) is 1.43. The zero-order valence-corrected chi connectivity index (χ0v) is 8.36. The summed E-state index contributed by atoms with van der Waals surface area (Å²) in [5.41, 5.74) is 0.660. The summed E-state index contributed by atoms with van der Waals surface area (Å²) >= 11 is 0. The molecule has 0 saturated heterocycles. The van der Waals surface area contributed by atoms with Gasteiger partial charge in [0.2, 0.25) is 0 Å². The van der Waals surface area contributed by atoms with Crippen LogP contribution in [-0.4, -0.2) is 22.2 Å². The van der Waals surface area contributed by atoms with Gasteiger partial charge < -0.3 is 5.32 Å². The van der Waals surface area contributed by atoms with Gasteiger partial charge in [-0.25, -0.2) is 0 Å². The number of carbonyl (C=O) groups is 1. The fourth-order valence-electron chi connectivity index (χ4n) is 1.43. The highest BCUT2D eigenvalue weighted by Gasteiger charge is 2.22. The Kier molecular flexibility index (Phi) is 2.52. The highest BCUT2D eigenvalue weighted by atomic mass is 16.2. The molecule has 1 fully saturated rings. The van der Waals surface area contributed by atoms with Crippen molar-refractivity contribution in [1.29, 1.82) is 0 Å². The molecule has 1 amide bonds. The number of nitrogens with zero attached hydrogens (tertiary/aromatic N) is 2. The minimum atomic E-state index is -0.00347. The molecular weight excluding hydrogens is 178 g/mol. The second-order valence-corrected chi connectivity index (χ2v) is 3.69. The molecular formula is C10H15N3O. The first kappa shape index (κ1) is 9.24. The van der Waals surface area contributed by atoms with Crippen LogP contribution in [0.25, 0.3) is 0 Å². The minimum absolute atomic E-state index is 0.00347. The first-order valence-electron chi connectivity index (χ1n) is 5.11. The zero-order chi connectivity index (χ0) is 9.97. The van der Waals surface area contributed by atoms with E-state index in [1.165, 1.54) is 12.8 Å². The molecule has 1 aliphatic rings. The number of aromatic nitrogens is 2. The lowest BCUT2D eigenvalue weighted by molar-refractivity contribution is 0.0941. The van der Waals surface area contributed by atoms with Gasteiger partial charge in [0.15, 0.2) is 0 Å². The SMILES string of the molecule is CCn1nccc1C(=O)NCC1CC1. The van der Waals surface area contributed by atoms with E-state index in [1.54, 1.807) is 16.9 Å². The Morgan fingerprint density at radius 2 is 2.50 bits per heavy atom. The summed E-state index contributed by atoms with van der Waals surface area (Å²) in [5.74, 6) is 0.716. The van der Waals surface area contributed by atoms with Crippen LogP contribution in [0.4, 0.5) is 0 Å². The molecule has 4 nitrogen and oxygen atoms in total. The maximum Gasteiger partial charge on any atom is 0.269 e. The molecule has 1 N–H and O–H groups in total. The van der Waals surface area contributed by atoms with Gasteiger partial charge in [-0.2, -0.15) is 5.10 Å². The van der Waals surface area contributed by atoms with Crippen molar-refractivity contribution in [3.05, 3.63) is 18.0 Å². The van der Waals surface area contributed by atoms with Crippen LogP contribution in [0.1, 0.15) is 30.3 Å². The van der Waals surface area contributed by atoms with Crippen molar-refractivity contribution in [3.8, 4) is 0 Å². The number of aryl methyl sites for hydroxylation is 1. The molecule has 4 heteroatoms. The van der Waals surface area contributed by atoms with Crippen molar-refractivity contribution in [2.24, 2.45) is 5.92 Å². The van der Waals surface area contributed by atoms with Gasteiger partial charge >= 0.3 is 0 Å². The lowest BCUT2D eigenvalue weighted by Crippen LogP contribution is -2.27. The third-order valence-corrected chi connectivity index (χ3v) is 2.50. The molecule has 0 spiro atoms. The Labute approximate surface area is 83.3 Å². The van der Waals surface area contributed by atoms with Crippen LogP contribution in [0.15, 0.2) is 12.3 Å². The van der Waals surface area contributed by atoms with Crippen LogP contribution in [0.3, 0.4) is 0 Å². The molecule has 0 aliphatic heterocycles. The molecule has 1 aliphatic carbocycles. The monoisotopic (exact) mass is 193 g/mol. The number of hydrogen-bond donors (Lipinski definition) is 1. The summed E-state index contributed by atoms with van der Waals surface area (Å²) in [7, 11) is 0. The van der Waals surface area contributed by atoms with Crippen LogP contribution < -0.4 is 5.32 Å². The Balaban J connectivity index is 1.94. The molecule has 0 bridgehead atoms. The summed E-state index contributed by atoms with van der Waals surface area (Å²) in [6.07, 6.45) is 4.18. The maximum absolute atomic E-state index is 11.6. The first-order chi connectivity index (χ1) is 6.81. The van der Waals surface area contributed by atoms with Crippen molar-refractivity contribution in [1.82, 2.24) is 15.1 Å². The molecule has 76 valence electrons. The second-order valence-electron chi connectivity index (χ2n) is 3.69. The number of carbonyl (C=O) groups excluding carboxylic acids is 1. The Morgan fingerprint density at radius 3 is 3.14 bits per heavy atom. The average molecular weight is 193 g/mol. The summed E-state index contributed by atoms with van der Waals surface area (Å²) in [6.45, 7) is 3.53. The molecule has 14 heavy (non-hydrogen) atoms. The van der Waals surface area contributed by atoms with E-state index in [1.807, 2.05) is 6.92 Å². The second kappa shape index (κ2) is 3.82. The summed E-state index contributed by atoms with van der Waals surface area (Å²) < 4.78 is 1.71. The van der Waals surface area contributed by atoms with E-state index in [0.29, 0.717) is 5.69 Å². The van der Waals surface area contributed by atoms with Crippen molar-refractivity contribution >= 4 is 5.91 Å². The Morgan fingerprint density at radius 1 is 1.71 bits per heavy atom. The lowest BCUT2D eigenvalue weighted by atomic mass is 10.3. The number of nitrogens with one attached hydrogen (secondary N) is 1. The van der Waals surface area contributed by atoms with Gasteiger partial charge in [0.25, 0.3) is 5.91 Å². The largest absolute Gasteiger partial charge is 0.350 e. The van der Waals surface area contributed by atoms with Gasteiger partial charge in [-0.3, -0.25) is 9.48 Å². The molecule has 2 rings (SSSR count). The summed E-state index contributed by atoms with van der Waals surface area (Å²) in [5, 5.41) is 6.98. The van der Waals surface area contributed by atoms with Crippen LogP contribution in [0, 0.1) is 5.92 Å². The summed E-state index contributed by atoms with van der Waals surface area (Å²) in [6, 6.07) is 1.76. The van der Waals surface area contributed by atoms with E-state index in [2.05, 4.69) is 10.4 Å². The van der Waals surface area contributed by atoms with Crippen LogP contribution >= 0.6 is 0 Å². The third kappa shape index (κ3) is 1.95. The molecule has 1 aromatic heterocycles. The Hall–Kier alpha value is -1.32. The number of hydrogen-bond acceptors (Lipinski definition) is 2. The van der Waals surface area contributed by atoms with E-state index < -0.39 is 0 Å². The lowest BCUT2D eigenvalue weighted by Gasteiger charge is -2.05. The highest BCUT2D eigenvalue weighted by Crippen LogP contribution is 2.27. The van der Waals surface area contributed by atoms with E-state index in [0.717, 1.165) is 19.0 Å². The summed E-state index contributed by atoms with van der Waals surface area (Å²) in [4.78, 5) is 11.6. The standard InChI is InChI=1S/C10H15N3O/c1-2-13-9(5-6-12-13)10(14)11-7-8-3-4-8/h5-6,8H,2-4,7H2,1H3,(H,11,14). The Bertz CT molecular complexity index is 328. The van der Waals surface area contributed by atoms with E-state index in [9.17, 15) is 4.79 Å². The van der Waals surface area contributed by atoms with Gasteiger partial charge in [-0.1, -0.05) is 0 Å². The van der Waals surface area contributed by atoms with Gasteiger partial charge in [-0.15, -0.1) is 0 Å². The molecule has 0 unspecified atom stereocenters. The highest BCUT2D eigenvalue weighted by molar-refractivity contribution is 5.92. The maximum atomic E-state index is 11.6. The average Bonchev–Trinajstić information content (AvgIpc) is 2.90. The van der Waals surface area contributed by atoms with Crippen molar-refractivity contribution in [2.75, 3.05) is 6.54 Å². The topological polar surface area (TPSA) is 46.9 Å². The van der Waals surface area contributed by atoms with Crippen LogP contribution in [0.5, 0.6) is 0 Å². The predicted octanol–water partition coefficient (Wildman–Crippen LogP) is 1.04. The van der Waals surface area contributed by atoms with Crippen LogP contribution in [0.2, 0.25) is 0 Å². The van der Waals surface area contributed by atoms with E-state index in [-0.39, 0.29) is 5.91 Å². The van der Waals surface area contributed by atoms with Crippen LogP contribution in [-0.2, 0) is 6.54 Å². The third-order valence-electron chi connectivity index (χ3n) is 2.50. The molecule has 1 saturated carbocycles. The molecule has 0 radical (unpaired) electrons.